The van der Waals surface area contributed by atoms with Gasteiger partial charge in [0.25, 0.3) is 0 Å². The third-order valence-electron chi connectivity index (χ3n) is 3.37. The second kappa shape index (κ2) is 5.69. The van der Waals surface area contributed by atoms with Gasteiger partial charge in [0.15, 0.2) is 0 Å². The average molecular weight is 411 g/mol. The van der Waals surface area contributed by atoms with Gasteiger partial charge in [0.2, 0.25) is 5.91 Å². The molecule has 2 aromatic carbocycles. The predicted molar refractivity (Wildman–Crippen MR) is 92.9 cm³/mol. The van der Waals surface area contributed by atoms with E-state index in [1.54, 1.807) is 0 Å². The zero-order chi connectivity index (χ0) is 15.0. The van der Waals surface area contributed by atoms with Crippen molar-refractivity contribution in [3.05, 3.63) is 44.8 Å². The van der Waals surface area contributed by atoms with E-state index in [2.05, 4.69) is 42.5 Å². The summed E-state index contributed by atoms with van der Waals surface area (Å²) in [5, 5.41) is 6.17. The number of carbonyl (C=O) groups excluding carboxylic acids is 1. The van der Waals surface area contributed by atoms with Crippen LogP contribution < -0.4 is 16.4 Å². The molecule has 0 spiro atoms. The molecule has 6 heteroatoms. The number of carbonyl (C=O) groups is 1. The Kier molecular flexibility index (Phi) is 3.91. The zero-order valence-electron chi connectivity index (χ0n) is 11.0. The lowest BCUT2D eigenvalue weighted by Crippen LogP contribution is -2.19. The maximum absolute atomic E-state index is 11.5. The standard InChI is InChI=1S/C15H13Br2N3O/c16-9-2-3-12(10(17)6-9)19-14-7-13-8(5-11(14)18)1-4-15(21)20-13/h2-3,5-7,19H,1,4,18H2,(H,20,21). The first kappa shape index (κ1) is 14.4. The fourth-order valence-electron chi connectivity index (χ4n) is 2.29. The molecule has 108 valence electrons. The van der Waals surface area contributed by atoms with E-state index in [9.17, 15) is 4.79 Å². The molecular weight excluding hydrogens is 398 g/mol. The Bertz CT molecular complexity index is 731. The largest absolute Gasteiger partial charge is 0.397 e. The van der Waals surface area contributed by atoms with E-state index in [4.69, 9.17) is 5.73 Å². The molecule has 0 bridgehead atoms. The van der Waals surface area contributed by atoms with Gasteiger partial charge in [-0.05, 0) is 58.2 Å². The van der Waals surface area contributed by atoms with Gasteiger partial charge in [0, 0.05) is 21.1 Å². The van der Waals surface area contributed by atoms with Crippen LogP contribution in [-0.2, 0) is 11.2 Å². The number of fused-ring (bicyclic) bond motifs is 1. The zero-order valence-corrected chi connectivity index (χ0v) is 14.2. The van der Waals surface area contributed by atoms with Gasteiger partial charge in [-0.3, -0.25) is 4.79 Å². The number of benzene rings is 2. The number of halogens is 2. The number of hydrogen-bond acceptors (Lipinski definition) is 3. The molecule has 1 aliphatic rings. The van der Waals surface area contributed by atoms with Crippen LogP contribution in [0, 0.1) is 0 Å². The van der Waals surface area contributed by atoms with Crippen molar-refractivity contribution in [2.45, 2.75) is 12.8 Å². The van der Waals surface area contributed by atoms with Gasteiger partial charge in [-0.2, -0.15) is 0 Å². The molecule has 4 nitrogen and oxygen atoms in total. The van der Waals surface area contributed by atoms with Crippen LogP contribution in [0.25, 0.3) is 0 Å². The highest BCUT2D eigenvalue weighted by molar-refractivity contribution is 9.11. The normalized spacial score (nSPS) is 13.5. The SMILES string of the molecule is Nc1cc2c(cc1Nc1ccc(Br)cc1Br)NC(=O)CC2. The summed E-state index contributed by atoms with van der Waals surface area (Å²) >= 11 is 6.93. The highest BCUT2D eigenvalue weighted by Crippen LogP contribution is 2.35. The summed E-state index contributed by atoms with van der Waals surface area (Å²) in [6.07, 6.45) is 1.24. The fourth-order valence-corrected chi connectivity index (χ4v) is 3.44. The first-order chi connectivity index (χ1) is 10.0. The van der Waals surface area contributed by atoms with E-state index in [1.807, 2.05) is 30.3 Å². The van der Waals surface area contributed by atoms with Gasteiger partial charge >= 0.3 is 0 Å². The monoisotopic (exact) mass is 409 g/mol. The molecule has 1 heterocycles. The minimum absolute atomic E-state index is 0.0445. The summed E-state index contributed by atoms with van der Waals surface area (Å²) in [6.45, 7) is 0. The molecule has 2 aromatic rings. The highest BCUT2D eigenvalue weighted by atomic mass is 79.9. The van der Waals surface area contributed by atoms with Crippen molar-refractivity contribution in [1.82, 2.24) is 0 Å². The van der Waals surface area contributed by atoms with Crippen molar-refractivity contribution in [2.24, 2.45) is 0 Å². The third kappa shape index (κ3) is 3.06. The topological polar surface area (TPSA) is 67.2 Å². The second-order valence-corrected chi connectivity index (χ2v) is 6.66. The Hall–Kier alpha value is -1.53. The van der Waals surface area contributed by atoms with Gasteiger partial charge in [-0.25, -0.2) is 0 Å². The Morgan fingerprint density at radius 1 is 1.10 bits per heavy atom. The fraction of sp³-hybridized carbons (Fsp3) is 0.133. The van der Waals surface area contributed by atoms with Gasteiger partial charge in [0.05, 0.1) is 17.1 Å². The van der Waals surface area contributed by atoms with E-state index < -0.39 is 0 Å². The molecule has 0 radical (unpaired) electrons. The molecular formula is C15H13Br2N3O. The van der Waals surface area contributed by atoms with Crippen molar-refractivity contribution in [3.63, 3.8) is 0 Å². The number of nitrogen functional groups attached to an aromatic ring is 1. The first-order valence-corrected chi connectivity index (χ1v) is 8.06. The van der Waals surface area contributed by atoms with Crippen LogP contribution in [0.3, 0.4) is 0 Å². The Labute approximate surface area is 139 Å². The van der Waals surface area contributed by atoms with Crippen LogP contribution >= 0.6 is 31.9 Å². The van der Waals surface area contributed by atoms with E-state index in [-0.39, 0.29) is 5.91 Å². The lowest BCUT2D eigenvalue weighted by molar-refractivity contribution is -0.116. The summed E-state index contributed by atoms with van der Waals surface area (Å²) in [6, 6.07) is 9.66. The molecule has 0 saturated carbocycles. The minimum atomic E-state index is 0.0445. The number of amides is 1. The quantitative estimate of drug-likeness (QED) is 0.642. The third-order valence-corrected chi connectivity index (χ3v) is 4.52. The molecule has 0 unspecified atom stereocenters. The number of nitrogens with one attached hydrogen (secondary N) is 2. The predicted octanol–water partition coefficient (Wildman–Crippen LogP) is 4.42. The summed E-state index contributed by atoms with van der Waals surface area (Å²) in [4.78, 5) is 11.5. The van der Waals surface area contributed by atoms with Crippen molar-refractivity contribution in [1.29, 1.82) is 0 Å². The molecule has 0 fully saturated rings. The number of rotatable bonds is 2. The van der Waals surface area contributed by atoms with Gasteiger partial charge in [0.1, 0.15) is 0 Å². The Morgan fingerprint density at radius 2 is 1.90 bits per heavy atom. The number of anilines is 4. The van der Waals surface area contributed by atoms with Crippen LogP contribution in [0.15, 0.2) is 39.3 Å². The minimum Gasteiger partial charge on any atom is -0.397 e. The van der Waals surface area contributed by atoms with Crippen molar-refractivity contribution in [2.75, 3.05) is 16.4 Å². The van der Waals surface area contributed by atoms with Crippen LogP contribution in [0.2, 0.25) is 0 Å². The molecule has 0 saturated heterocycles. The first-order valence-electron chi connectivity index (χ1n) is 6.47. The summed E-state index contributed by atoms with van der Waals surface area (Å²) < 4.78 is 1.92. The molecule has 0 aromatic heterocycles. The number of nitrogens with two attached hydrogens (primary N) is 1. The molecule has 0 aliphatic carbocycles. The summed E-state index contributed by atoms with van der Waals surface area (Å²) in [5.41, 5.74) is 10.4. The van der Waals surface area contributed by atoms with Gasteiger partial charge in [-0.15, -0.1) is 0 Å². The van der Waals surface area contributed by atoms with Crippen molar-refractivity contribution >= 4 is 60.5 Å². The average Bonchev–Trinajstić information content (AvgIpc) is 2.43. The van der Waals surface area contributed by atoms with E-state index in [0.29, 0.717) is 12.1 Å². The Morgan fingerprint density at radius 3 is 2.67 bits per heavy atom. The van der Waals surface area contributed by atoms with Gasteiger partial charge in [-0.1, -0.05) is 15.9 Å². The molecule has 1 amide bonds. The lowest BCUT2D eigenvalue weighted by Gasteiger charge is -2.20. The number of aryl methyl sites for hydroxylation is 1. The molecule has 3 rings (SSSR count). The van der Waals surface area contributed by atoms with Crippen molar-refractivity contribution < 1.29 is 4.79 Å². The summed E-state index contributed by atoms with van der Waals surface area (Å²) in [5.74, 6) is 0.0445. The lowest BCUT2D eigenvalue weighted by atomic mass is 10.0. The maximum Gasteiger partial charge on any atom is 0.224 e. The Balaban J connectivity index is 1.95. The van der Waals surface area contributed by atoms with E-state index >= 15 is 0 Å². The molecule has 0 atom stereocenters. The summed E-state index contributed by atoms with van der Waals surface area (Å²) in [7, 11) is 0. The second-order valence-electron chi connectivity index (χ2n) is 4.89. The van der Waals surface area contributed by atoms with Crippen LogP contribution in [0.4, 0.5) is 22.7 Å². The van der Waals surface area contributed by atoms with Crippen molar-refractivity contribution in [3.8, 4) is 0 Å². The van der Waals surface area contributed by atoms with Crippen LogP contribution in [0.5, 0.6) is 0 Å². The number of hydrogen-bond donors (Lipinski definition) is 3. The molecule has 4 N–H and O–H groups in total. The molecule has 21 heavy (non-hydrogen) atoms. The highest BCUT2D eigenvalue weighted by Gasteiger charge is 2.17. The maximum atomic E-state index is 11.5. The van der Waals surface area contributed by atoms with Gasteiger partial charge < -0.3 is 16.4 Å². The van der Waals surface area contributed by atoms with E-state index in [0.717, 1.165) is 38.0 Å². The molecule has 1 aliphatic heterocycles. The van der Waals surface area contributed by atoms with Crippen LogP contribution in [0.1, 0.15) is 12.0 Å². The van der Waals surface area contributed by atoms with Crippen LogP contribution in [-0.4, -0.2) is 5.91 Å². The van der Waals surface area contributed by atoms with E-state index in [1.165, 1.54) is 0 Å². The smallest absolute Gasteiger partial charge is 0.224 e.